The molecule has 1 amide bonds. The molecule has 6 nitrogen and oxygen atoms in total. The molecule has 0 saturated heterocycles. The molecule has 26 heavy (non-hydrogen) atoms. The van der Waals surface area contributed by atoms with Gasteiger partial charge in [-0.25, -0.2) is 4.98 Å². The highest BCUT2D eigenvalue weighted by Crippen LogP contribution is 2.31. The van der Waals surface area contributed by atoms with Gasteiger partial charge in [0.2, 0.25) is 0 Å². The lowest BCUT2D eigenvalue weighted by Crippen LogP contribution is -2.17. The molecule has 0 atom stereocenters. The predicted molar refractivity (Wildman–Crippen MR) is 97.7 cm³/mol. The molecule has 2 aromatic carbocycles. The molecule has 1 aliphatic rings. The van der Waals surface area contributed by atoms with E-state index in [-0.39, 0.29) is 5.91 Å². The number of nitrogens with zero attached hydrogens (tertiary/aromatic N) is 2. The van der Waals surface area contributed by atoms with E-state index >= 15 is 0 Å². The summed E-state index contributed by atoms with van der Waals surface area (Å²) in [7, 11) is 0. The first kappa shape index (κ1) is 16.1. The first-order valence-electron chi connectivity index (χ1n) is 7.90. The van der Waals surface area contributed by atoms with Crippen molar-refractivity contribution in [3.05, 3.63) is 59.0 Å². The van der Waals surface area contributed by atoms with Crippen molar-refractivity contribution >= 4 is 22.4 Å². The molecule has 0 radical (unpaired) electrons. The number of thiazole rings is 1. The van der Waals surface area contributed by atoms with Gasteiger partial charge in [-0.3, -0.25) is 10.1 Å². The van der Waals surface area contributed by atoms with E-state index in [0.29, 0.717) is 41.0 Å². The maximum Gasteiger partial charge on any atom is 0.257 e. The number of ether oxygens (including phenoxy) is 2. The van der Waals surface area contributed by atoms with E-state index < -0.39 is 0 Å². The van der Waals surface area contributed by atoms with Crippen molar-refractivity contribution in [2.75, 3.05) is 18.5 Å². The van der Waals surface area contributed by atoms with Gasteiger partial charge >= 0.3 is 0 Å². The van der Waals surface area contributed by atoms with E-state index in [0.717, 1.165) is 11.3 Å². The van der Waals surface area contributed by atoms with Crippen LogP contribution >= 0.6 is 11.3 Å². The molecule has 1 aromatic heterocycles. The average molecular weight is 363 g/mol. The fourth-order valence-electron chi connectivity index (χ4n) is 2.53. The fourth-order valence-corrected chi connectivity index (χ4v) is 3.25. The van der Waals surface area contributed by atoms with E-state index in [1.807, 2.05) is 17.5 Å². The van der Waals surface area contributed by atoms with Gasteiger partial charge in [-0.2, -0.15) is 5.26 Å². The van der Waals surface area contributed by atoms with Gasteiger partial charge in [0.15, 0.2) is 16.6 Å². The molecule has 128 valence electrons. The summed E-state index contributed by atoms with van der Waals surface area (Å²) < 4.78 is 11.0. The number of amides is 1. The summed E-state index contributed by atoms with van der Waals surface area (Å²) in [6.07, 6.45) is 0. The van der Waals surface area contributed by atoms with Gasteiger partial charge in [-0.15, -0.1) is 11.3 Å². The number of hydrogen-bond acceptors (Lipinski definition) is 6. The summed E-state index contributed by atoms with van der Waals surface area (Å²) in [6.45, 7) is 0.980. The van der Waals surface area contributed by atoms with Crippen LogP contribution in [-0.2, 0) is 0 Å². The lowest BCUT2D eigenvalue weighted by molar-refractivity contribution is 0.102. The second-order valence-electron chi connectivity index (χ2n) is 5.54. The molecule has 0 spiro atoms. The Morgan fingerprint density at radius 3 is 2.65 bits per heavy atom. The summed E-state index contributed by atoms with van der Waals surface area (Å²) in [5.41, 5.74) is 2.71. The average Bonchev–Trinajstić information content (AvgIpc) is 3.16. The van der Waals surface area contributed by atoms with Crippen LogP contribution in [0, 0.1) is 11.3 Å². The summed E-state index contributed by atoms with van der Waals surface area (Å²) in [6, 6.07) is 14.3. The lowest BCUT2D eigenvalue weighted by Gasteiger charge is -2.18. The second kappa shape index (κ2) is 6.86. The number of hydrogen-bond donors (Lipinski definition) is 1. The third-order valence-electron chi connectivity index (χ3n) is 3.84. The Bertz CT molecular complexity index is 1010. The number of rotatable bonds is 3. The Hall–Kier alpha value is -3.37. The molecule has 0 unspecified atom stereocenters. The van der Waals surface area contributed by atoms with Crippen molar-refractivity contribution in [2.24, 2.45) is 0 Å². The minimum absolute atomic E-state index is 0.261. The molecule has 3 aromatic rings. The minimum atomic E-state index is -0.261. The topological polar surface area (TPSA) is 84.2 Å². The molecule has 2 heterocycles. The first-order chi connectivity index (χ1) is 12.7. The summed E-state index contributed by atoms with van der Waals surface area (Å²) in [5.74, 6) is 0.953. The van der Waals surface area contributed by atoms with Gasteiger partial charge in [0.05, 0.1) is 17.3 Å². The Morgan fingerprint density at radius 2 is 1.88 bits per heavy atom. The molecule has 4 rings (SSSR count). The monoisotopic (exact) mass is 363 g/mol. The number of carbonyl (C=O) groups excluding carboxylic acids is 1. The van der Waals surface area contributed by atoms with Crippen LogP contribution in [0.3, 0.4) is 0 Å². The third kappa shape index (κ3) is 3.23. The number of anilines is 1. The van der Waals surface area contributed by atoms with Gasteiger partial charge in [-0.05, 0) is 30.3 Å². The number of aromatic nitrogens is 1. The molecule has 0 fully saturated rings. The zero-order valence-electron chi connectivity index (χ0n) is 13.6. The van der Waals surface area contributed by atoms with Crippen LogP contribution in [0.2, 0.25) is 0 Å². The highest BCUT2D eigenvalue weighted by Gasteiger charge is 2.16. The van der Waals surface area contributed by atoms with E-state index in [1.54, 1.807) is 30.3 Å². The molecule has 1 aliphatic heterocycles. The van der Waals surface area contributed by atoms with Crippen LogP contribution < -0.4 is 14.8 Å². The fraction of sp³-hybridized carbons (Fsp3) is 0.105. The summed E-state index contributed by atoms with van der Waals surface area (Å²) in [5, 5.41) is 14.0. The maximum atomic E-state index is 12.5. The van der Waals surface area contributed by atoms with Crippen molar-refractivity contribution in [2.45, 2.75) is 0 Å². The second-order valence-corrected chi connectivity index (χ2v) is 6.40. The molecular formula is C19H13N3O3S. The minimum Gasteiger partial charge on any atom is -0.486 e. The van der Waals surface area contributed by atoms with Crippen LogP contribution in [-0.4, -0.2) is 24.1 Å². The zero-order valence-corrected chi connectivity index (χ0v) is 14.4. The van der Waals surface area contributed by atoms with Gasteiger partial charge in [0.25, 0.3) is 5.91 Å². The van der Waals surface area contributed by atoms with Crippen molar-refractivity contribution in [1.29, 1.82) is 5.26 Å². The molecule has 7 heteroatoms. The van der Waals surface area contributed by atoms with Crippen LogP contribution in [0.1, 0.15) is 15.9 Å². The van der Waals surface area contributed by atoms with E-state index in [1.165, 1.54) is 11.3 Å². The van der Waals surface area contributed by atoms with Crippen LogP contribution in [0.5, 0.6) is 11.5 Å². The van der Waals surface area contributed by atoms with Crippen molar-refractivity contribution in [3.63, 3.8) is 0 Å². The predicted octanol–water partition coefficient (Wildman–Crippen LogP) is 3.71. The smallest absolute Gasteiger partial charge is 0.257 e. The van der Waals surface area contributed by atoms with E-state index in [4.69, 9.17) is 14.7 Å². The Labute approximate surface area is 153 Å². The quantitative estimate of drug-likeness (QED) is 0.767. The van der Waals surface area contributed by atoms with Crippen molar-refractivity contribution in [1.82, 2.24) is 4.98 Å². The van der Waals surface area contributed by atoms with Crippen molar-refractivity contribution in [3.8, 4) is 28.8 Å². The lowest BCUT2D eigenvalue weighted by atomic mass is 10.1. The third-order valence-corrected chi connectivity index (χ3v) is 4.60. The SMILES string of the molecule is N#Cc1ccc(-c2csc(NC(=O)c3ccc4c(c3)OCCO4)n2)cc1. The largest absolute Gasteiger partial charge is 0.486 e. The summed E-state index contributed by atoms with van der Waals surface area (Å²) >= 11 is 1.34. The zero-order chi connectivity index (χ0) is 17.9. The summed E-state index contributed by atoms with van der Waals surface area (Å²) in [4.78, 5) is 16.9. The van der Waals surface area contributed by atoms with Gasteiger partial charge in [0, 0.05) is 16.5 Å². The van der Waals surface area contributed by atoms with Crippen LogP contribution in [0.25, 0.3) is 11.3 Å². The molecular weight excluding hydrogens is 350 g/mol. The van der Waals surface area contributed by atoms with Crippen molar-refractivity contribution < 1.29 is 14.3 Å². The molecule has 0 aliphatic carbocycles. The normalized spacial score (nSPS) is 12.3. The first-order valence-corrected chi connectivity index (χ1v) is 8.78. The number of nitrogens with one attached hydrogen (secondary N) is 1. The van der Waals surface area contributed by atoms with E-state index in [2.05, 4.69) is 16.4 Å². The highest BCUT2D eigenvalue weighted by molar-refractivity contribution is 7.14. The van der Waals surface area contributed by atoms with Gasteiger partial charge in [0.1, 0.15) is 13.2 Å². The van der Waals surface area contributed by atoms with Crippen LogP contribution in [0.4, 0.5) is 5.13 Å². The number of carbonyl (C=O) groups is 1. The van der Waals surface area contributed by atoms with E-state index in [9.17, 15) is 4.79 Å². The Balaban J connectivity index is 1.50. The molecule has 0 bridgehead atoms. The standard InChI is InChI=1S/C19H13N3O3S/c20-10-12-1-3-13(4-2-12)15-11-26-19(21-15)22-18(23)14-5-6-16-17(9-14)25-8-7-24-16/h1-6,9,11H,7-8H2,(H,21,22,23). The van der Waals surface area contributed by atoms with Gasteiger partial charge < -0.3 is 9.47 Å². The number of nitriles is 1. The van der Waals surface area contributed by atoms with Crippen LogP contribution in [0.15, 0.2) is 47.8 Å². The Morgan fingerprint density at radius 1 is 1.12 bits per heavy atom. The molecule has 0 saturated carbocycles. The van der Waals surface area contributed by atoms with Gasteiger partial charge in [-0.1, -0.05) is 12.1 Å². The maximum absolute atomic E-state index is 12.5. The molecule has 1 N–H and O–H groups in total. The Kier molecular flexibility index (Phi) is 4.25. The number of benzene rings is 2. The highest BCUT2D eigenvalue weighted by atomic mass is 32.1. The number of fused-ring (bicyclic) bond motifs is 1.